The van der Waals surface area contributed by atoms with Crippen molar-refractivity contribution < 1.29 is 9.18 Å². The van der Waals surface area contributed by atoms with Crippen LogP contribution in [-0.2, 0) is 6.54 Å². The van der Waals surface area contributed by atoms with Crippen molar-refractivity contribution in [3.05, 3.63) is 77.1 Å². The molecule has 0 unspecified atom stereocenters. The van der Waals surface area contributed by atoms with Gasteiger partial charge in [0.25, 0.3) is 0 Å². The van der Waals surface area contributed by atoms with E-state index in [2.05, 4.69) is 9.97 Å². The van der Waals surface area contributed by atoms with Crippen molar-refractivity contribution in [2.24, 2.45) is 0 Å². The molecule has 0 saturated carbocycles. The Balaban J connectivity index is 1.68. The number of thioether (sulfide) groups is 1. The molecule has 2 aromatic heterocycles. The average molecular weight is 355 g/mol. The molecule has 0 N–H and O–H groups in total. The van der Waals surface area contributed by atoms with Crippen molar-refractivity contribution in [1.29, 1.82) is 0 Å². The van der Waals surface area contributed by atoms with Gasteiger partial charge in [0.05, 0.1) is 18.0 Å². The molecular weight excluding hydrogens is 337 g/mol. The Labute approximate surface area is 150 Å². The highest BCUT2D eigenvalue weighted by atomic mass is 32.2. The molecule has 0 aliphatic heterocycles. The summed E-state index contributed by atoms with van der Waals surface area (Å²) in [4.78, 5) is 21.1. The fourth-order valence-corrected chi connectivity index (χ4v) is 3.40. The van der Waals surface area contributed by atoms with Gasteiger partial charge in [-0.1, -0.05) is 17.8 Å². The number of ketones is 1. The van der Waals surface area contributed by atoms with E-state index in [0.717, 1.165) is 10.9 Å². The molecule has 0 fully saturated rings. The maximum absolute atomic E-state index is 13.7. The Hall–Kier alpha value is -2.47. The lowest BCUT2D eigenvalue weighted by molar-refractivity contribution is 0.102. The van der Waals surface area contributed by atoms with Crippen LogP contribution in [0.25, 0.3) is 0 Å². The summed E-state index contributed by atoms with van der Waals surface area (Å²) in [7, 11) is 0. The standard InChI is InChI=1S/C19H18FN3OS/c1-13-9-15(10-14(2)18(13)20)17(24)12-25-19-22-7-8-23(19)11-16-5-3-4-6-21-16/h3-10H,11-12H2,1-2H3. The molecule has 6 heteroatoms. The first-order chi connectivity index (χ1) is 12.0. The predicted octanol–water partition coefficient (Wildman–Crippen LogP) is 4.06. The molecule has 0 bridgehead atoms. The lowest BCUT2D eigenvalue weighted by Crippen LogP contribution is -2.07. The molecular formula is C19H18FN3OS. The van der Waals surface area contributed by atoms with Gasteiger partial charge in [0, 0.05) is 24.2 Å². The molecule has 0 aliphatic carbocycles. The fourth-order valence-electron chi connectivity index (χ4n) is 2.54. The van der Waals surface area contributed by atoms with Gasteiger partial charge in [0.1, 0.15) is 5.82 Å². The van der Waals surface area contributed by atoms with Crippen molar-refractivity contribution in [3.8, 4) is 0 Å². The zero-order valence-electron chi connectivity index (χ0n) is 14.1. The maximum atomic E-state index is 13.7. The fraction of sp³-hybridized carbons (Fsp3) is 0.211. The number of rotatable bonds is 6. The Bertz CT molecular complexity index is 870. The van der Waals surface area contributed by atoms with Crippen molar-refractivity contribution in [3.63, 3.8) is 0 Å². The summed E-state index contributed by atoms with van der Waals surface area (Å²) in [5.74, 6) is -0.0392. The van der Waals surface area contributed by atoms with E-state index < -0.39 is 0 Å². The summed E-state index contributed by atoms with van der Waals surface area (Å²) < 4.78 is 15.7. The van der Waals surface area contributed by atoms with Gasteiger partial charge in [-0.3, -0.25) is 9.78 Å². The Morgan fingerprint density at radius 2 is 1.92 bits per heavy atom. The lowest BCUT2D eigenvalue weighted by atomic mass is 10.0. The molecule has 2 heterocycles. The van der Waals surface area contributed by atoms with Gasteiger partial charge < -0.3 is 4.57 Å². The van der Waals surface area contributed by atoms with Crippen LogP contribution >= 0.6 is 11.8 Å². The number of hydrogen-bond acceptors (Lipinski definition) is 4. The number of imidazole rings is 1. The molecule has 25 heavy (non-hydrogen) atoms. The highest BCUT2D eigenvalue weighted by Crippen LogP contribution is 2.20. The number of Topliss-reactive ketones (excluding diaryl/α,β-unsaturated/α-hetero) is 1. The van der Waals surface area contributed by atoms with Crippen LogP contribution in [0.3, 0.4) is 0 Å². The second-order valence-electron chi connectivity index (χ2n) is 5.79. The first kappa shape index (κ1) is 17.4. The molecule has 0 spiro atoms. The molecule has 1 aromatic carbocycles. The number of benzene rings is 1. The van der Waals surface area contributed by atoms with Crippen molar-refractivity contribution in [1.82, 2.24) is 14.5 Å². The normalized spacial score (nSPS) is 10.8. The highest BCUT2D eigenvalue weighted by Gasteiger charge is 2.13. The molecule has 3 aromatic rings. The molecule has 128 valence electrons. The van der Waals surface area contributed by atoms with E-state index in [9.17, 15) is 9.18 Å². The average Bonchev–Trinajstić information content (AvgIpc) is 3.05. The molecule has 0 atom stereocenters. The molecule has 0 radical (unpaired) electrons. The van der Waals surface area contributed by atoms with Gasteiger partial charge in [-0.25, -0.2) is 9.37 Å². The van der Waals surface area contributed by atoms with Crippen molar-refractivity contribution >= 4 is 17.5 Å². The number of pyridine rings is 1. The number of nitrogens with zero attached hydrogens (tertiary/aromatic N) is 3. The Morgan fingerprint density at radius 3 is 2.60 bits per heavy atom. The molecule has 3 rings (SSSR count). The van der Waals surface area contributed by atoms with E-state index in [1.807, 2.05) is 29.0 Å². The van der Waals surface area contributed by atoms with Crippen LogP contribution < -0.4 is 0 Å². The minimum atomic E-state index is -0.255. The van der Waals surface area contributed by atoms with Gasteiger partial charge in [-0.15, -0.1) is 0 Å². The highest BCUT2D eigenvalue weighted by molar-refractivity contribution is 7.99. The minimum Gasteiger partial charge on any atom is -0.320 e. The largest absolute Gasteiger partial charge is 0.320 e. The van der Waals surface area contributed by atoms with Gasteiger partial charge >= 0.3 is 0 Å². The second kappa shape index (κ2) is 7.61. The quantitative estimate of drug-likeness (QED) is 0.494. The lowest BCUT2D eigenvalue weighted by Gasteiger charge is -2.08. The number of carbonyl (C=O) groups excluding carboxylic acids is 1. The third kappa shape index (κ3) is 4.14. The monoisotopic (exact) mass is 355 g/mol. The van der Waals surface area contributed by atoms with Crippen LogP contribution in [0.2, 0.25) is 0 Å². The van der Waals surface area contributed by atoms with Crippen molar-refractivity contribution in [2.45, 2.75) is 25.5 Å². The summed E-state index contributed by atoms with van der Waals surface area (Å²) in [6.45, 7) is 3.95. The maximum Gasteiger partial charge on any atom is 0.173 e. The number of hydrogen-bond donors (Lipinski definition) is 0. The topological polar surface area (TPSA) is 47.8 Å². The van der Waals surface area contributed by atoms with Crippen LogP contribution in [0.4, 0.5) is 4.39 Å². The van der Waals surface area contributed by atoms with Gasteiger partial charge in [-0.05, 0) is 49.2 Å². The molecule has 4 nitrogen and oxygen atoms in total. The second-order valence-corrected chi connectivity index (χ2v) is 6.74. The number of carbonyl (C=O) groups is 1. The SMILES string of the molecule is Cc1cc(C(=O)CSc2nccn2Cc2ccccn2)cc(C)c1F. The number of aromatic nitrogens is 3. The summed E-state index contributed by atoms with van der Waals surface area (Å²) in [5, 5.41) is 0.759. The molecule has 0 aliphatic rings. The van der Waals surface area contributed by atoms with E-state index in [0.29, 0.717) is 23.2 Å². The van der Waals surface area contributed by atoms with Crippen LogP contribution in [0.15, 0.2) is 54.1 Å². The smallest absolute Gasteiger partial charge is 0.173 e. The zero-order chi connectivity index (χ0) is 17.8. The van der Waals surface area contributed by atoms with E-state index in [4.69, 9.17) is 0 Å². The molecule has 0 amide bonds. The first-order valence-corrected chi connectivity index (χ1v) is 8.87. The third-order valence-electron chi connectivity index (χ3n) is 3.83. The third-order valence-corrected chi connectivity index (χ3v) is 4.83. The van der Waals surface area contributed by atoms with E-state index in [1.54, 1.807) is 38.4 Å². The van der Waals surface area contributed by atoms with Crippen LogP contribution in [0, 0.1) is 19.7 Å². The van der Waals surface area contributed by atoms with Crippen LogP contribution in [0.5, 0.6) is 0 Å². The van der Waals surface area contributed by atoms with Crippen LogP contribution in [0.1, 0.15) is 27.2 Å². The van der Waals surface area contributed by atoms with E-state index in [1.165, 1.54) is 11.8 Å². The summed E-state index contributed by atoms with van der Waals surface area (Å²) in [5.41, 5.74) is 2.44. The number of aryl methyl sites for hydroxylation is 2. The van der Waals surface area contributed by atoms with E-state index in [-0.39, 0.29) is 17.4 Å². The first-order valence-electron chi connectivity index (χ1n) is 7.88. The van der Waals surface area contributed by atoms with Crippen molar-refractivity contribution in [2.75, 3.05) is 5.75 Å². The molecule has 0 saturated heterocycles. The zero-order valence-corrected chi connectivity index (χ0v) is 14.9. The summed E-state index contributed by atoms with van der Waals surface area (Å²) in [6, 6.07) is 8.97. The minimum absolute atomic E-state index is 0.0383. The number of halogens is 1. The Morgan fingerprint density at radius 1 is 1.16 bits per heavy atom. The summed E-state index contributed by atoms with van der Waals surface area (Å²) >= 11 is 1.37. The van der Waals surface area contributed by atoms with E-state index >= 15 is 0 Å². The predicted molar refractivity (Wildman–Crippen MR) is 96.5 cm³/mol. The summed E-state index contributed by atoms with van der Waals surface area (Å²) in [6.07, 6.45) is 5.33. The van der Waals surface area contributed by atoms with Gasteiger partial charge in [0.15, 0.2) is 10.9 Å². The van der Waals surface area contributed by atoms with Crippen LogP contribution in [-0.4, -0.2) is 26.1 Å². The van der Waals surface area contributed by atoms with Gasteiger partial charge in [-0.2, -0.15) is 0 Å². The Kier molecular flexibility index (Phi) is 5.28. The van der Waals surface area contributed by atoms with Gasteiger partial charge in [0.2, 0.25) is 0 Å².